The maximum atomic E-state index is 12.5. The van der Waals surface area contributed by atoms with E-state index in [1.807, 2.05) is 0 Å². The van der Waals surface area contributed by atoms with Crippen molar-refractivity contribution in [2.45, 2.75) is 18.9 Å². The number of esters is 1. The van der Waals surface area contributed by atoms with Crippen LogP contribution in [0.1, 0.15) is 23.2 Å². The van der Waals surface area contributed by atoms with Gasteiger partial charge in [-0.15, -0.1) is 0 Å². The Morgan fingerprint density at radius 1 is 1.35 bits per heavy atom. The lowest BCUT2D eigenvalue weighted by Gasteiger charge is -2.15. The van der Waals surface area contributed by atoms with Crippen LogP contribution in [-0.2, 0) is 14.3 Å². The van der Waals surface area contributed by atoms with Gasteiger partial charge in [-0.1, -0.05) is 6.07 Å². The second-order valence-corrected chi connectivity index (χ2v) is 6.25. The fourth-order valence-corrected chi connectivity index (χ4v) is 2.73. The normalized spacial score (nSPS) is 16.7. The Hall–Kier alpha value is -2.87. The molecule has 0 spiro atoms. The second kappa shape index (κ2) is 7.57. The number of nitrogens with zero attached hydrogens (tertiary/aromatic N) is 1. The number of β-amino-alcohol motifs (C(OH)–C–C–N with tert-alkyl or cyclic N) is 1. The molecule has 0 bridgehead atoms. The minimum atomic E-state index is -0.607. The number of amides is 2. The third-order valence-electron chi connectivity index (χ3n) is 4.26. The minimum Gasteiger partial charge on any atom is -0.466 e. The number of aliphatic hydroxyl groups is 1. The molecule has 26 heavy (non-hydrogen) atoms. The van der Waals surface area contributed by atoms with Crippen LogP contribution in [0, 0.1) is 0 Å². The van der Waals surface area contributed by atoms with Gasteiger partial charge in [0.15, 0.2) is 0 Å². The van der Waals surface area contributed by atoms with Gasteiger partial charge in [0, 0.05) is 23.8 Å². The van der Waals surface area contributed by atoms with E-state index < -0.39 is 11.9 Å². The highest BCUT2D eigenvalue weighted by Gasteiger charge is 2.34. The number of benzene rings is 1. The molecule has 1 saturated carbocycles. The van der Waals surface area contributed by atoms with E-state index in [0.29, 0.717) is 11.3 Å². The van der Waals surface area contributed by atoms with Crippen molar-refractivity contribution in [2.75, 3.05) is 32.1 Å². The van der Waals surface area contributed by atoms with Crippen molar-refractivity contribution in [2.24, 2.45) is 0 Å². The Morgan fingerprint density at radius 3 is 2.77 bits per heavy atom. The molecule has 2 amide bonds. The van der Waals surface area contributed by atoms with E-state index >= 15 is 0 Å². The van der Waals surface area contributed by atoms with E-state index in [0.717, 1.165) is 12.8 Å². The van der Waals surface area contributed by atoms with E-state index in [9.17, 15) is 14.4 Å². The number of aliphatic hydroxyl groups excluding tert-OH is 1. The summed E-state index contributed by atoms with van der Waals surface area (Å²) in [6.07, 6.45) is 1.99. The van der Waals surface area contributed by atoms with Gasteiger partial charge in [0.1, 0.15) is 5.70 Å². The lowest BCUT2D eigenvalue weighted by atomic mass is 10.1. The van der Waals surface area contributed by atoms with Crippen molar-refractivity contribution in [3.8, 4) is 0 Å². The van der Waals surface area contributed by atoms with Crippen LogP contribution in [0.15, 0.2) is 35.5 Å². The van der Waals surface area contributed by atoms with Gasteiger partial charge < -0.3 is 25.4 Å². The predicted molar refractivity (Wildman–Crippen MR) is 93.3 cm³/mol. The van der Waals surface area contributed by atoms with E-state index in [-0.39, 0.29) is 42.9 Å². The van der Waals surface area contributed by atoms with E-state index in [4.69, 9.17) is 9.84 Å². The van der Waals surface area contributed by atoms with E-state index in [2.05, 4.69) is 10.6 Å². The average Bonchev–Trinajstić information content (AvgIpc) is 3.41. The predicted octanol–water partition coefficient (Wildman–Crippen LogP) is 0.252. The topological polar surface area (TPSA) is 108 Å². The third-order valence-corrected chi connectivity index (χ3v) is 4.26. The molecule has 1 aliphatic heterocycles. The molecule has 1 heterocycles. The third kappa shape index (κ3) is 3.85. The number of methoxy groups -OCH3 is 1. The van der Waals surface area contributed by atoms with Crippen LogP contribution >= 0.6 is 0 Å². The van der Waals surface area contributed by atoms with Crippen LogP contribution in [0.3, 0.4) is 0 Å². The summed E-state index contributed by atoms with van der Waals surface area (Å²) >= 11 is 0. The number of carbonyl (C=O) groups is 3. The summed E-state index contributed by atoms with van der Waals surface area (Å²) in [6, 6.07) is 6.97. The van der Waals surface area contributed by atoms with Crippen molar-refractivity contribution in [1.29, 1.82) is 0 Å². The Labute approximate surface area is 150 Å². The summed E-state index contributed by atoms with van der Waals surface area (Å²) < 4.78 is 4.75. The molecular weight excluding hydrogens is 338 g/mol. The zero-order chi connectivity index (χ0) is 18.7. The molecule has 1 fully saturated rings. The van der Waals surface area contributed by atoms with Crippen LogP contribution in [0.5, 0.6) is 0 Å². The molecule has 0 atom stereocenters. The fourth-order valence-electron chi connectivity index (χ4n) is 2.73. The summed E-state index contributed by atoms with van der Waals surface area (Å²) in [5, 5.41) is 14.9. The fraction of sp³-hybridized carbons (Fsp3) is 0.389. The van der Waals surface area contributed by atoms with Gasteiger partial charge in [-0.05, 0) is 31.0 Å². The second-order valence-electron chi connectivity index (χ2n) is 6.25. The number of anilines is 1. The van der Waals surface area contributed by atoms with Crippen molar-refractivity contribution in [1.82, 2.24) is 10.2 Å². The Balaban J connectivity index is 1.81. The molecule has 3 N–H and O–H groups in total. The number of hydrogen-bond acceptors (Lipinski definition) is 6. The van der Waals surface area contributed by atoms with Gasteiger partial charge in [-0.25, -0.2) is 4.79 Å². The van der Waals surface area contributed by atoms with Crippen LogP contribution in [0.25, 0.3) is 0 Å². The SMILES string of the molecule is COC(=O)C1=C(Nc2cccc(C(=O)NC3CC3)c2)C(=O)N(CCO)C1. The van der Waals surface area contributed by atoms with Crippen LogP contribution < -0.4 is 10.6 Å². The lowest BCUT2D eigenvalue weighted by molar-refractivity contribution is -0.136. The van der Waals surface area contributed by atoms with Crippen molar-refractivity contribution >= 4 is 23.5 Å². The summed E-state index contributed by atoms with van der Waals surface area (Å²) in [4.78, 5) is 38.0. The van der Waals surface area contributed by atoms with Crippen molar-refractivity contribution in [3.63, 3.8) is 0 Å². The van der Waals surface area contributed by atoms with Gasteiger partial charge in [-0.2, -0.15) is 0 Å². The Morgan fingerprint density at radius 2 is 2.12 bits per heavy atom. The summed E-state index contributed by atoms with van der Waals surface area (Å²) in [7, 11) is 1.25. The summed E-state index contributed by atoms with van der Waals surface area (Å²) in [5.74, 6) is -1.17. The Bertz CT molecular complexity index is 770. The molecule has 0 saturated heterocycles. The lowest BCUT2D eigenvalue weighted by Crippen LogP contribution is -2.31. The maximum Gasteiger partial charge on any atom is 0.337 e. The Kier molecular flexibility index (Phi) is 5.22. The van der Waals surface area contributed by atoms with Gasteiger partial charge in [0.2, 0.25) is 0 Å². The van der Waals surface area contributed by atoms with Crippen molar-refractivity contribution in [3.05, 3.63) is 41.1 Å². The largest absolute Gasteiger partial charge is 0.466 e. The summed E-state index contributed by atoms with van der Waals surface area (Å²) in [6.45, 7) is -0.0190. The molecule has 1 aromatic rings. The highest BCUT2D eigenvalue weighted by molar-refractivity contribution is 6.08. The molecule has 138 valence electrons. The minimum absolute atomic E-state index is 0.0657. The molecule has 3 rings (SSSR count). The van der Waals surface area contributed by atoms with Crippen LogP contribution in [0.2, 0.25) is 0 Å². The van der Waals surface area contributed by atoms with Crippen molar-refractivity contribution < 1.29 is 24.2 Å². The molecule has 1 aliphatic carbocycles. The molecule has 2 aliphatic rings. The summed E-state index contributed by atoms with van der Waals surface area (Å²) in [5.41, 5.74) is 1.28. The van der Waals surface area contributed by atoms with Crippen LogP contribution in [0.4, 0.5) is 5.69 Å². The maximum absolute atomic E-state index is 12.5. The number of rotatable bonds is 7. The quantitative estimate of drug-likeness (QED) is 0.603. The first kappa shape index (κ1) is 17.9. The van der Waals surface area contributed by atoms with Gasteiger partial charge in [0.25, 0.3) is 11.8 Å². The van der Waals surface area contributed by atoms with Gasteiger partial charge in [0.05, 0.1) is 25.8 Å². The molecule has 0 unspecified atom stereocenters. The first-order chi connectivity index (χ1) is 12.5. The highest BCUT2D eigenvalue weighted by atomic mass is 16.5. The zero-order valence-corrected chi connectivity index (χ0v) is 14.4. The molecule has 8 nitrogen and oxygen atoms in total. The molecular formula is C18H21N3O5. The molecule has 0 aromatic heterocycles. The standard InChI is InChI=1S/C18H21N3O5/c1-26-18(25)14-10-21(7-8-22)17(24)15(14)19-13-4-2-3-11(9-13)16(23)20-12-5-6-12/h2-4,9,12,19,22H,5-8,10H2,1H3,(H,20,23). The molecule has 1 aromatic carbocycles. The molecule has 8 heteroatoms. The first-order valence-electron chi connectivity index (χ1n) is 8.43. The number of ether oxygens (including phenoxy) is 1. The number of nitrogens with one attached hydrogen (secondary N) is 2. The number of hydrogen-bond donors (Lipinski definition) is 3. The van der Waals surface area contributed by atoms with E-state index in [1.54, 1.807) is 24.3 Å². The monoisotopic (exact) mass is 359 g/mol. The van der Waals surface area contributed by atoms with E-state index in [1.165, 1.54) is 12.0 Å². The molecule has 0 radical (unpaired) electrons. The van der Waals surface area contributed by atoms with Gasteiger partial charge in [-0.3, -0.25) is 9.59 Å². The average molecular weight is 359 g/mol. The highest BCUT2D eigenvalue weighted by Crippen LogP contribution is 2.24. The van der Waals surface area contributed by atoms with Gasteiger partial charge >= 0.3 is 5.97 Å². The first-order valence-corrected chi connectivity index (χ1v) is 8.43. The smallest absolute Gasteiger partial charge is 0.337 e. The zero-order valence-electron chi connectivity index (χ0n) is 14.4. The number of carbonyl (C=O) groups excluding carboxylic acids is 3. The van der Waals surface area contributed by atoms with Crippen LogP contribution in [-0.4, -0.2) is 60.6 Å².